The maximum atomic E-state index is 13.8. The largest absolute Gasteiger partial charge is 0.507 e. The molecular weight excluding hydrogens is 635 g/mol. The first-order chi connectivity index (χ1) is 22.9. The lowest BCUT2D eigenvalue weighted by molar-refractivity contribution is -0.132. The lowest BCUT2D eigenvalue weighted by atomic mass is 9.95. The average molecular weight is 674 g/mol. The molecule has 47 heavy (non-hydrogen) atoms. The lowest BCUT2D eigenvalue weighted by Crippen LogP contribution is -2.29. The summed E-state index contributed by atoms with van der Waals surface area (Å²) in [7, 11) is 0. The zero-order valence-corrected chi connectivity index (χ0v) is 28.4. The number of hydrogen-bond acceptors (Lipinski definition) is 10. The molecule has 1 N–H and O–H groups in total. The van der Waals surface area contributed by atoms with Crippen molar-refractivity contribution < 1.29 is 28.9 Å². The highest BCUT2D eigenvalue weighted by atomic mass is 32.2. The Hall–Kier alpha value is -4.35. The number of ether oxygens (including phenoxy) is 3. The van der Waals surface area contributed by atoms with Crippen molar-refractivity contribution in [3.05, 3.63) is 95.1 Å². The van der Waals surface area contributed by atoms with Crippen molar-refractivity contribution >= 4 is 45.7 Å². The second-order valence-corrected chi connectivity index (χ2v) is 13.0. The molecule has 1 saturated heterocycles. The predicted molar refractivity (Wildman–Crippen MR) is 186 cm³/mol. The van der Waals surface area contributed by atoms with E-state index in [0.717, 1.165) is 31.2 Å². The maximum Gasteiger partial charge on any atom is 0.301 e. The SMILES string of the molecule is CCCCOc1ccc(C(O)=C2C(=O)C(=O)N(c3nnc(SCc4ccccc4)s3)[C@H]2c2ccc(OCCCC)c(OCC)c2)cc1. The van der Waals surface area contributed by atoms with Gasteiger partial charge in [0.25, 0.3) is 5.78 Å². The van der Waals surface area contributed by atoms with Crippen molar-refractivity contribution in [3.8, 4) is 17.2 Å². The van der Waals surface area contributed by atoms with Crippen molar-refractivity contribution in [1.29, 1.82) is 0 Å². The normalized spacial score (nSPS) is 15.6. The second-order valence-electron chi connectivity index (χ2n) is 10.9. The highest BCUT2D eigenvalue weighted by Crippen LogP contribution is 2.45. The topological polar surface area (TPSA) is 111 Å². The zero-order chi connectivity index (χ0) is 33.2. The van der Waals surface area contributed by atoms with E-state index in [1.165, 1.54) is 28.0 Å². The fourth-order valence-corrected chi connectivity index (χ4v) is 6.85. The first-order valence-electron chi connectivity index (χ1n) is 15.9. The van der Waals surface area contributed by atoms with Gasteiger partial charge in [-0.1, -0.05) is 86.2 Å². The van der Waals surface area contributed by atoms with E-state index in [1.807, 2.05) is 37.3 Å². The Morgan fingerprint density at radius 2 is 1.60 bits per heavy atom. The molecule has 0 unspecified atom stereocenters. The van der Waals surface area contributed by atoms with Gasteiger partial charge in [-0.15, -0.1) is 10.2 Å². The first-order valence-corrected chi connectivity index (χ1v) is 17.7. The summed E-state index contributed by atoms with van der Waals surface area (Å²) < 4.78 is 18.4. The number of nitrogens with zero attached hydrogens (tertiary/aromatic N) is 3. The molecule has 1 amide bonds. The van der Waals surface area contributed by atoms with Gasteiger partial charge in [0.05, 0.1) is 31.4 Å². The third kappa shape index (κ3) is 8.15. The van der Waals surface area contributed by atoms with Gasteiger partial charge in [0.2, 0.25) is 5.13 Å². The molecule has 0 aliphatic carbocycles. The molecule has 3 aromatic carbocycles. The number of hydrogen-bond donors (Lipinski definition) is 1. The molecule has 1 atom stereocenters. The van der Waals surface area contributed by atoms with Crippen LogP contribution in [0.3, 0.4) is 0 Å². The first kappa shape index (κ1) is 34.0. The number of ketones is 1. The van der Waals surface area contributed by atoms with Gasteiger partial charge in [0, 0.05) is 11.3 Å². The Labute approximate surface area is 283 Å². The van der Waals surface area contributed by atoms with Crippen LogP contribution >= 0.6 is 23.1 Å². The van der Waals surface area contributed by atoms with Gasteiger partial charge in [0.1, 0.15) is 11.5 Å². The number of rotatable bonds is 16. The van der Waals surface area contributed by atoms with E-state index in [1.54, 1.807) is 42.5 Å². The number of Topliss-reactive ketones (excluding diaryl/α,β-unsaturated/α-hetero) is 1. The number of aromatic nitrogens is 2. The Balaban J connectivity index is 1.54. The molecular formula is C36H39N3O6S2. The summed E-state index contributed by atoms with van der Waals surface area (Å²) in [6.45, 7) is 7.55. The molecule has 1 aliphatic heterocycles. The number of aliphatic hydroxyl groups is 1. The molecule has 5 rings (SSSR count). The van der Waals surface area contributed by atoms with E-state index in [-0.39, 0.29) is 16.5 Å². The smallest absolute Gasteiger partial charge is 0.301 e. The maximum absolute atomic E-state index is 13.8. The Morgan fingerprint density at radius 3 is 2.30 bits per heavy atom. The van der Waals surface area contributed by atoms with E-state index < -0.39 is 17.7 Å². The lowest BCUT2D eigenvalue weighted by Gasteiger charge is -2.23. The van der Waals surface area contributed by atoms with Gasteiger partial charge in [-0.25, -0.2) is 0 Å². The highest BCUT2D eigenvalue weighted by Gasteiger charge is 2.48. The summed E-state index contributed by atoms with van der Waals surface area (Å²) in [4.78, 5) is 28.8. The predicted octanol–water partition coefficient (Wildman–Crippen LogP) is 8.21. The molecule has 2 heterocycles. The summed E-state index contributed by atoms with van der Waals surface area (Å²) in [6.07, 6.45) is 3.81. The number of carbonyl (C=O) groups is 2. The van der Waals surface area contributed by atoms with Crippen molar-refractivity contribution in [1.82, 2.24) is 10.2 Å². The van der Waals surface area contributed by atoms with Crippen molar-refractivity contribution in [2.75, 3.05) is 24.7 Å². The molecule has 0 bridgehead atoms. The summed E-state index contributed by atoms with van der Waals surface area (Å²) in [5.74, 6) is 0.472. The number of benzene rings is 3. The molecule has 4 aromatic rings. The van der Waals surface area contributed by atoms with Gasteiger partial charge in [-0.2, -0.15) is 0 Å². The van der Waals surface area contributed by atoms with E-state index in [9.17, 15) is 14.7 Å². The number of thioether (sulfide) groups is 1. The molecule has 1 fully saturated rings. The van der Waals surface area contributed by atoms with Crippen LogP contribution in [0.1, 0.15) is 69.2 Å². The standard InChI is InChI=1S/C36H39N3O6S2/c1-4-7-20-44-27-17-14-25(15-18-27)32(40)30-31(26-16-19-28(45-21-8-5-2)29(22-26)43-6-3)39(34(42)33(30)41)35-37-38-36(47-35)46-23-24-12-10-9-11-13-24/h9-19,22,31,40H,4-8,20-21,23H2,1-3H3/t31-/m0/s1. The molecule has 0 saturated carbocycles. The van der Waals surface area contributed by atoms with Crippen LogP contribution in [-0.4, -0.2) is 46.8 Å². The molecule has 1 aromatic heterocycles. The fourth-order valence-electron chi connectivity index (χ4n) is 5.03. The number of anilines is 1. The minimum atomic E-state index is -0.987. The molecule has 0 radical (unpaired) electrons. The minimum Gasteiger partial charge on any atom is -0.507 e. The fraction of sp³-hybridized carbons (Fsp3) is 0.333. The molecule has 9 nitrogen and oxygen atoms in total. The number of carbonyl (C=O) groups excluding carboxylic acids is 2. The number of amides is 1. The van der Waals surface area contributed by atoms with Crippen molar-refractivity contribution in [3.63, 3.8) is 0 Å². The van der Waals surface area contributed by atoms with Crippen LogP contribution < -0.4 is 19.1 Å². The Kier molecular flexibility index (Phi) is 11.9. The molecule has 0 spiro atoms. The van der Waals surface area contributed by atoms with E-state index >= 15 is 0 Å². The van der Waals surface area contributed by atoms with Gasteiger partial charge >= 0.3 is 5.91 Å². The minimum absolute atomic E-state index is 0.0505. The monoisotopic (exact) mass is 673 g/mol. The Morgan fingerprint density at radius 1 is 0.872 bits per heavy atom. The third-order valence-electron chi connectivity index (χ3n) is 7.48. The Bertz CT molecular complexity index is 1690. The summed E-state index contributed by atoms with van der Waals surface area (Å²) in [5, 5.41) is 20.6. The van der Waals surface area contributed by atoms with Crippen LogP contribution in [0, 0.1) is 0 Å². The summed E-state index contributed by atoms with van der Waals surface area (Å²) in [5.41, 5.74) is 2.02. The van der Waals surface area contributed by atoms with Crippen LogP contribution in [0.5, 0.6) is 17.2 Å². The molecule has 1 aliphatic rings. The molecule has 11 heteroatoms. The van der Waals surface area contributed by atoms with Crippen molar-refractivity contribution in [2.24, 2.45) is 0 Å². The van der Waals surface area contributed by atoms with Crippen LogP contribution in [-0.2, 0) is 15.3 Å². The highest BCUT2D eigenvalue weighted by molar-refractivity contribution is 8.00. The number of aliphatic hydroxyl groups excluding tert-OH is 1. The quantitative estimate of drug-likeness (QED) is 0.0314. The van der Waals surface area contributed by atoms with Gasteiger partial charge in [-0.05, 0) is 67.3 Å². The van der Waals surface area contributed by atoms with Crippen LogP contribution in [0.4, 0.5) is 5.13 Å². The van der Waals surface area contributed by atoms with Crippen LogP contribution in [0.15, 0.2) is 82.7 Å². The van der Waals surface area contributed by atoms with Crippen LogP contribution in [0.2, 0.25) is 0 Å². The average Bonchev–Trinajstić information content (AvgIpc) is 3.66. The third-order valence-corrected chi connectivity index (χ3v) is 9.61. The van der Waals surface area contributed by atoms with E-state index in [4.69, 9.17) is 14.2 Å². The van der Waals surface area contributed by atoms with Gasteiger partial charge in [-0.3, -0.25) is 14.5 Å². The van der Waals surface area contributed by atoms with E-state index in [2.05, 4.69) is 24.0 Å². The summed E-state index contributed by atoms with van der Waals surface area (Å²) in [6, 6.07) is 21.2. The zero-order valence-electron chi connectivity index (χ0n) is 26.8. The van der Waals surface area contributed by atoms with Crippen LogP contribution in [0.25, 0.3) is 5.76 Å². The van der Waals surface area contributed by atoms with Gasteiger partial charge in [0.15, 0.2) is 15.8 Å². The van der Waals surface area contributed by atoms with Crippen molar-refractivity contribution in [2.45, 2.75) is 62.6 Å². The molecule has 246 valence electrons. The van der Waals surface area contributed by atoms with Gasteiger partial charge < -0.3 is 19.3 Å². The van der Waals surface area contributed by atoms with E-state index in [0.29, 0.717) is 58.3 Å². The second kappa shape index (κ2) is 16.5. The number of unbranched alkanes of at least 4 members (excludes halogenated alkanes) is 2. The summed E-state index contributed by atoms with van der Waals surface area (Å²) >= 11 is 2.72.